The maximum atomic E-state index is 13.0. The quantitative estimate of drug-likeness (QED) is 0.470. The number of nitrogens with zero attached hydrogens (tertiary/aromatic N) is 1. The molecule has 0 aromatic heterocycles. The third-order valence-corrected chi connectivity index (χ3v) is 2.71. The molecule has 19 heavy (non-hydrogen) atoms. The second kappa shape index (κ2) is 8.29. The van der Waals surface area contributed by atoms with Gasteiger partial charge in [0.1, 0.15) is 5.82 Å². The highest BCUT2D eigenvalue weighted by Gasteiger charge is 2.00. The molecule has 0 aliphatic carbocycles. The highest BCUT2D eigenvalue weighted by Crippen LogP contribution is 2.10. The van der Waals surface area contributed by atoms with Gasteiger partial charge < -0.3 is 10.6 Å². The van der Waals surface area contributed by atoms with Crippen molar-refractivity contribution in [1.82, 2.24) is 10.6 Å². The van der Waals surface area contributed by atoms with Gasteiger partial charge >= 0.3 is 0 Å². The highest BCUT2D eigenvalue weighted by atomic mass is 19.1. The van der Waals surface area contributed by atoms with Crippen LogP contribution in [0.25, 0.3) is 0 Å². The summed E-state index contributed by atoms with van der Waals surface area (Å²) in [7, 11) is 0. The summed E-state index contributed by atoms with van der Waals surface area (Å²) in [5, 5.41) is 6.30. The standard InChI is InChI=1S/C15H22FN3/c1-4-9-18-15(17-5-2)19-10-8-13-6-7-14(16)11-12(13)3/h4,6-7,11H,1,5,8-10H2,2-3H3,(H2,17,18,19). The van der Waals surface area contributed by atoms with E-state index < -0.39 is 0 Å². The number of aryl methyl sites for hydroxylation is 1. The summed E-state index contributed by atoms with van der Waals surface area (Å²) in [6.07, 6.45) is 2.59. The molecule has 0 bridgehead atoms. The van der Waals surface area contributed by atoms with Crippen molar-refractivity contribution in [3.05, 3.63) is 47.8 Å². The first-order valence-electron chi connectivity index (χ1n) is 6.55. The third-order valence-electron chi connectivity index (χ3n) is 2.71. The van der Waals surface area contributed by atoms with Crippen LogP contribution in [0.15, 0.2) is 35.8 Å². The Morgan fingerprint density at radius 3 is 2.84 bits per heavy atom. The number of hydrogen-bond donors (Lipinski definition) is 2. The fourth-order valence-electron chi connectivity index (χ4n) is 1.74. The first-order chi connectivity index (χ1) is 9.17. The SMILES string of the molecule is C=CCNC(=NCCc1ccc(F)cc1C)NCC. The van der Waals surface area contributed by atoms with E-state index in [9.17, 15) is 4.39 Å². The number of guanidine groups is 1. The van der Waals surface area contributed by atoms with Gasteiger partial charge in [0.15, 0.2) is 5.96 Å². The van der Waals surface area contributed by atoms with Gasteiger partial charge in [-0.1, -0.05) is 12.1 Å². The van der Waals surface area contributed by atoms with Crippen LogP contribution in [0.5, 0.6) is 0 Å². The van der Waals surface area contributed by atoms with Crippen molar-refractivity contribution >= 4 is 5.96 Å². The van der Waals surface area contributed by atoms with Crippen LogP contribution in [-0.4, -0.2) is 25.6 Å². The molecule has 0 unspecified atom stereocenters. The summed E-state index contributed by atoms with van der Waals surface area (Å²) in [4.78, 5) is 4.46. The van der Waals surface area contributed by atoms with Gasteiger partial charge in [-0.05, 0) is 43.5 Å². The van der Waals surface area contributed by atoms with E-state index in [4.69, 9.17) is 0 Å². The van der Waals surface area contributed by atoms with E-state index in [1.807, 2.05) is 19.9 Å². The Bertz CT molecular complexity index is 441. The van der Waals surface area contributed by atoms with Crippen LogP contribution in [0.4, 0.5) is 4.39 Å². The average Bonchev–Trinajstić information content (AvgIpc) is 2.38. The number of benzene rings is 1. The molecule has 0 spiro atoms. The van der Waals surface area contributed by atoms with Crippen molar-refractivity contribution in [2.75, 3.05) is 19.6 Å². The number of rotatable bonds is 6. The molecule has 0 radical (unpaired) electrons. The van der Waals surface area contributed by atoms with Gasteiger partial charge in [-0.25, -0.2) is 4.39 Å². The van der Waals surface area contributed by atoms with Crippen LogP contribution in [0, 0.1) is 12.7 Å². The first kappa shape index (κ1) is 15.2. The molecular weight excluding hydrogens is 241 g/mol. The van der Waals surface area contributed by atoms with Gasteiger partial charge in [0.2, 0.25) is 0 Å². The lowest BCUT2D eigenvalue weighted by atomic mass is 10.1. The minimum absolute atomic E-state index is 0.189. The molecule has 0 atom stereocenters. The number of halogens is 1. The summed E-state index contributed by atoms with van der Waals surface area (Å²) in [5.74, 6) is 0.591. The molecule has 0 saturated carbocycles. The van der Waals surface area contributed by atoms with E-state index in [0.717, 1.165) is 30.1 Å². The highest BCUT2D eigenvalue weighted by molar-refractivity contribution is 5.79. The molecule has 0 amide bonds. The van der Waals surface area contributed by atoms with Gasteiger partial charge in [0, 0.05) is 19.6 Å². The van der Waals surface area contributed by atoms with Crippen LogP contribution in [0.2, 0.25) is 0 Å². The summed E-state index contributed by atoms with van der Waals surface area (Å²) in [6.45, 7) is 9.77. The van der Waals surface area contributed by atoms with E-state index in [1.165, 1.54) is 6.07 Å². The first-order valence-corrected chi connectivity index (χ1v) is 6.55. The molecule has 2 N–H and O–H groups in total. The molecule has 0 saturated heterocycles. The molecule has 0 aliphatic heterocycles. The smallest absolute Gasteiger partial charge is 0.191 e. The molecular formula is C15H22FN3. The summed E-state index contributed by atoms with van der Waals surface area (Å²) in [5.41, 5.74) is 2.10. The van der Waals surface area contributed by atoms with Crippen LogP contribution >= 0.6 is 0 Å². The van der Waals surface area contributed by atoms with E-state index in [-0.39, 0.29) is 5.82 Å². The molecule has 0 fully saturated rings. The summed E-state index contributed by atoms with van der Waals surface area (Å²) in [6, 6.07) is 4.87. The zero-order chi connectivity index (χ0) is 14.1. The zero-order valence-electron chi connectivity index (χ0n) is 11.7. The Morgan fingerprint density at radius 2 is 2.21 bits per heavy atom. The Kier molecular flexibility index (Phi) is 6.64. The number of nitrogens with one attached hydrogen (secondary N) is 2. The Hall–Kier alpha value is -1.84. The van der Waals surface area contributed by atoms with E-state index in [1.54, 1.807) is 12.1 Å². The summed E-state index contributed by atoms with van der Waals surface area (Å²) < 4.78 is 13.0. The van der Waals surface area contributed by atoms with E-state index in [2.05, 4.69) is 22.2 Å². The molecule has 0 heterocycles. The number of aliphatic imine (C=N–C) groups is 1. The van der Waals surface area contributed by atoms with Crippen molar-refractivity contribution in [2.24, 2.45) is 4.99 Å². The van der Waals surface area contributed by atoms with Crippen LogP contribution in [0.1, 0.15) is 18.1 Å². The fraction of sp³-hybridized carbons (Fsp3) is 0.400. The zero-order valence-corrected chi connectivity index (χ0v) is 11.7. The normalized spacial score (nSPS) is 11.2. The van der Waals surface area contributed by atoms with Crippen molar-refractivity contribution in [2.45, 2.75) is 20.3 Å². The summed E-state index contributed by atoms with van der Waals surface area (Å²) >= 11 is 0. The van der Waals surface area contributed by atoms with Crippen molar-refractivity contribution < 1.29 is 4.39 Å². The Balaban J connectivity index is 2.55. The Morgan fingerprint density at radius 1 is 1.42 bits per heavy atom. The molecule has 1 aromatic rings. The van der Waals surface area contributed by atoms with E-state index >= 15 is 0 Å². The van der Waals surface area contributed by atoms with Crippen LogP contribution in [-0.2, 0) is 6.42 Å². The maximum Gasteiger partial charge on any atom is 0.191 e. The molecule has 3 nitrogen and oxygen atoms in total. The predicted molar refractivity (Wildman–Crippen MR) is 79.0 cm³/mol. The molecule has 0 aliphatic rings. The number of hydrogen-bond acceptors (Lipinski definition) is 1. The second-order valence-corrected chi connectivity index (χ2v) is 4.25. The molecule has 104 valence electrons. The van der Waals surface area contributed by atoms with Crippen LogP contribution in [0.3, 0.4) is 0 Å². The molecule has 4 heteroatoms. The maximum absolute atomic E-state index is 13.0. The lowest BCUT2D eigenvalue weighted by Crippen LogP contribution is -2.37. The lowest BCUT2D eigenvalue weighted by Gasteiger charge is -2.10. The van der Waals surface area contributed by atoms with Gasteiger partial charge in [0.05, 0.1) is 0 Å². The van der Waals surface area contributed by atoms with Crippen molar-refractivity contribution in [3.63, 3.8) is 0 Å². The minimum Gasteiger partial charge on any atom is -0.357 e. The average molecular weight is 263 g/mol. The fourth-order valence-corrected chi connectivity index (χ4v) is 1.74. The topological polar surface area (TPSA) is 36.4 Å². The monoisotopic (exact) mass is 263 g/mol. The molecule has 1 rings (SSSR count). The lowest BCUT2D eigenvalue weighted by molar-refractivity contribution is 0.625. The predicted octanol–water partition coefficient (Wildman–Crippen LogP) is 2.42. The minimum atomic E-state index is -0.189. The van der Waals surface area contributed by atoms with Crippen LogP contribution < -0.4 is 10.6 Å². The van der Waals surface area contributed by atoms with Gasteiger partial charge in [0.25, 0.3) is 0 Å². The van der Waals surface area contributed by atoms with Crippen molar-refractivity contribution in [1.29, 1.82) is 0 Å². The van der Waals surface area contributed by atoms with Gasteiger partial charge in [-0.2, -0.15) is 0 Å². The largest absolute Gasteiger partial charge is 0.357 e. The van der Waals surface area contributed by atoms with Gasteiger partial charge in [-0.15, -0.1) is 6.58 Å². The van der Waals surface area contributed by atoms with Gasteiger partial charge in [-0.3, -0.25) is 4.99 Å². The van der Waals surface area contributed by atoms with E-state index in [0.29, 0.717) is 13.1 Å². The van der Waals surface area contributed by atoms with Crippen molar-refractivity contribution in [3.8, 4) is 0 Å². The second-order valence-electron chi connectivity index (χ2n) is 4.25. The molecule has 1 aromatic carbocycles. The Labute approximate surface area is 114 Å². The third kappa shape index (κ3) is 5.55.